The minimum atomic E-state index is -4.54. The molecule has 0 amide bonds. The van der Waals surface area contributed by atoms with Crippen LogP contribution in [0.5, 0.6) is 0 Å². The summed E-state index contributed by atoms with van der Waals surface area (Å²) in [4.78, 5) is 0. The van der Waals surface area contributed by atoms with E-state index in [-0.39, 0.29) is 80.7 Å². The zero-order chi connectivity index (χ0) is 13.7. The van der Waals surface area contributed by atoms with E-state index in [1.807, 2.05) is 0 Å². The largest absolute Gasteiger partial charge is 1.00 e. The number of sulfone groups is 1. The monoisotopic (exact) mass is 390 g/mol. The average molecular weight is 390 g/mol. The summed E-state index contributed by atoms with van der Waals surface area (Å²) in [5.41, 5.74) is 0. The van der Waals surface area contributed by atoms with Crippen LogP contribution in [-0.2, 0) is 28.1 Å². The molecule has 15 heteroatoms. The third-order valence-corrected chi connectivity index (χ3v) is 7.46. The average Bonchev–Trinajstić information content (AvgIpc) is 1.96. The second-order valence-corrected chi connectivity index (χ2v) is 11.7. The van der Waals surface area contributed by atoms with Crippen molar-refractivity contribution in [1.82, 2.24) is 0 Å². The van der Waals surface area contributed by atoms with Gasteiger partial charge in [-0.3, -0.25) is 0 Å². The minimum Gasteiger partial charge on any atom is -0.739 e. The van der Waals surface area contributed by atoms with E-state index < -0.39 is 51.1 Å². The van der Waals surface area contributed by atoms with Crippen LogP contribution in [0.2, 0.25) is 0 Å². The summed E-state index contributed by atoms with van der Waals surface area (Å²) in [6, 6.07) is 0. The molecule has 0 saturated heterocycles. The molecule has 0 aromatic carbocycles. The third-order valence-electron chi connectivity index (χ3n) is 1.24. The normalized spacial score (nSPS) is 12.3. The van der Waals surface area contributed by atoms with Gasteiger partial charge in [-0.1, -0.05) is 0 Å². The molecule has 0 unspecified atom stereocenters. The predicted molar refractivity (Wildman–Crippen MR) is 63.0 cm³/mol. The summed E-state index contributed by atoms with van der Waals surface area (Å²) in [5, 5.41) is 0. The molecule has 8 nitrogen and oxygen atoms in total. The Labute approximate surface area is 164 Å². The maximum absolute atomic E-state index is 11.2. The Kier molecular flexibility index (Phi) is 15.4. The van der Waals surface area contributed by atoms with Gasteiger partial charge in [0.2, 0.25) is 0 Å². The molecule has 0 fully saturated rings. The number of hydrogen-bond donors (Lipinski definition) is 0. The first-order valence-electron chi connectivity index (χ1n) is 3.82. The van der Waals surface area contributed by atoms with Crippen LogP contribution >= 0.6 is 21.6 Å². The van der Waals surface area contributed by atoms with E-state index in [4.69, 9.17) is 0 Å². The fraction of sp³-hybridized carbons (Fsp3) is 1.00. The third kappa shape index (κ3) is 20.5. The van der Waals surface area contributed by atoms with Crippen LogP contribution in [0, 0.1) is 0 Å². The van der Waals surface area contributed by atoms with E-state index in [1.165, 1.54) is 0 Å². The Hall–Kier alpha value is 2.47. The molecule has 0 radical (unpaired) electrons. The Bertz CT molecular complexity index is 492. The molecule has 19 heavy (non-hydrogen) atoms. The van der Waals surface area contributed by atoms with Crippen molar-refractivity contribution in [1.29, 1.82) is 0 Å². The molecule has 0 aromatic rings. The van der Waals surface area contributed by atoms with E-state index in [0.717, 1.165) is 0 Å². The Balaban J connectivity index is -0.00000128. The SMILES string of the molecule is O=S(=O)(CCSS(=O)(=O)[O-])CCSS(=O)(=O)[O-].[Na+].[Na+]. The smallest absolute Gasteiger partial charge is 0.739 e. The van der Waals surface area contributed by atoms with Gasteiger partial charge in [-0.15, -0.1) is 0 Å². The summed E-state index contributed by atoms with van der Waals surface area (Å²) >= 11 is 0. The summed E-state index contributed by atoms with van der Waals surface area (Å²) in [6.45, 7) is 0. The van der Waals surface area contributed by atoms with Crippen molar-refractivity contribution in [2.75, 3.05) is 23.0 Å². The van der Waals surface area contributed by atoms with Gasteiger partial charge in [-0.2, -0.15) is 0 Å². The molecular weight excluding hydrogens is 382 g/mol. The van der Waals surface area contributed by atoms with Crippen LogP contribution in [0.4, 0.5) is 0 Å². The molecule has 104 valence electrons. The predicted octanol–water partition coefficient (Wildman–Crippen LogP) is -7.20. The van der Waals surface area contributed by atoms with Gasteiger partial charge in [0, 0.05) is 11.5 Å². The van der Waals surface area contributed by atoms with Crippen molar-refractivity contribution in [2.24, 2.45) is 0 Å². The van der Waals surface area contributed by atoms with E-state index in [2.05, 4.69) is 0 Å². The van der Waals surface area contributed by atoms with Crippen LogP contribution in [0.15, 0.2) is 0 Å². The summed E-state index contributed by atoms with van der Waals surface area (Å²) in [7, 11) is -12.9. The van der Waals surface area contributed by atoms with Gasteiger partial charge in [0.1, 0.15) is 18.3 Å². The Morgan fingerprint density at radius 2 is 0.947 bits per heavy atom. The number of hydrogen-bond acceptors (Lipinski definition) is 10. The molecule has 0 heterocycles. The molecule has 0 saturated carbocycles. The van der Waals surface area contributed by atoms with Gasteiger partial charge in [0.05, 0.1) is 11.5 Å². The minimum absolute atomic E-state index is 0. The zero-order valence-electron chi connectivity index (χ0n) is 10.1. The van der Waals surface area contributed by atoms with Crippen molar-refractivity contribution in [3.8, 4) is 0 Å². The van der Waals surface area contributed by atoms with Gasteiger partial charge in [0.25, 0.3) is 0 Å². The fourth-order valence-corrected chi connectivity index (χ4v) is 6.27. The van der Waals surface area contributed by atoms with Crippen LogP contribution < -0.4 is 59.1 Å². The molecule has 0 aromatic heterocycles. The fourth-order valence-electron chi connectivity index (χ4n) is 0.628. The van der Waals surface area contributed by atoms with Crippen LogP contribution in [0.1, 0.15) is 0 Å². The Morgan fingerprint density at radius 1 is 0.684 bits per heavy atom. The molecule has 0 aliphatic carbocycles. The molecule has 0 aliphatic heterocycles. The second kappa shape index (κ2) is 11.1. The van der Waals surface area contributed by atoms with Gasteiger partial charge in [-0.25, -0.2) is 25.3 Å². The maximum atomic E-state index is 11.2. The topological polar surface area (TPSA) is 149 Å². The van der Waals surface area contributed by atoms with E-state index in [9.17, 15) is 34.4 Å². The quantitative estimate of drug-likeness (QED) is 0.222. The van der Waals surface area contributed by atoms with Crippen molar-refractivity contribution in [3.05, 3.63) is 0 Å². The molecule has 0 rings (SSSR count). The summed E-state index contributed by atoms with van der Waals surface area (Å²) in [6.07, 6.45) is 0. The second-order valence-electron chi connectivity index (χ2n) is 2.61. The standard InChI is InChI=1S/C4H10O8S5.2Na/c5-15(6,3-1-13-16(7,8)9)4-2-14-17(10,11)12;;/h1-4H2,(H,7,8,9)(H,10,11,12);;/q;2*+1/p-2. The van der Waals surface area contributed by atoms with Crippen LogP contribution in [0.25, 0.3) is 0 Å². The van der Waals surface area contributed by atoms with Gasteiger partial charge >= 0.3 is 59.1 Å². The van der Waals surface area contributed by atoms with Crippen LogP contribution in [0.3, 0.4) is 0 Å². The van der Waals surface area contributed by atoms with Crippen molar-refractivity contribution < 1.29 is 93.5 Å². The van der Waals surface area contributed by atoms with Gasteiger partial charge < -0.3 is 9.11 Å². The Morgan fingerprint density at radius 3 is 1.16 bits per heavy atom. The van der Waals surface area contributed by atoms with E-state index in [0.29, 0.717) is 0 Å². The summed E-state index contributed by atoms with van der Waals surface area (Å²) < 4.78 is 83.3. The molecule has 0 spiro atoms. The van der Waals surface area contributed by atoms with Crippen LogP contribution in [-0.4, -0.2) is 57.4 Å². The van der Waals surface area contributed by atoms with E-state index in [1.54, 1.807) is 0 Å². The van der Waals surface area contributed by atoms with Crippen molar-refractivity contribution in [3.63, 3.8) is 0 Å². The first kappa shape index (κ1) is 26.4. The van der Waals surface area contributed by atoms with Gasteiger partial charge in [-0.05, 0) is 21.6 Å². The van der Waals surface area contributed by atoms with Crippen molar-refractivity contribution >= 4 is 49.7 Å². The zero-order valence-corrected chi connectivity index (χ0v) is 18.2. The summed E-state index contributed by atoms with van der Waals surface area (Å²) in [5.74, 6) is -2.00. The first-order chi connectivity index (χ1) is 7.41. The molecule has 0 aliphatic rings. The van der Waals surface area contributed by atoms with Gasteiger partial charge in [0.15, 0.2) is 9.84 Å². The first-order valence-corrected chi connectivity index (χ1v) is 11.5. The maximum Gasteiger partial charge on any atom is 1.00 e. The molecular formula is C4H8Na2O8S5. The molecule has 0 atom stereocenters. The molecule has 0 N–H and O–H groups in total. The number of rotatable bonds is 8. The molecule has 0 bridgehead atoms. The van der Waals surface area contributed by atoms with Crippen molar-refractivity contribution in [2.45, 2.75) is 0 Å². The van der Waals surface area contributed by atoms with E-state index >= 15 is 0 Å².